The van der Waals surface area contributed by atoms with Crippen LogP contribution in [0.2, 0.25) is 5.02 Å². The highest BCUT2D eigenvalue weighted by Gasteiger charge is 2.30. The highest BCUT2D eigenvalue weighted by Crippen LogP contribution is 2.27. The third kappa shape index (κ3) is 4.98. The van der Waals surface area contributed by atoms with E-state index in [4.69, 9.17) is 11.6 Å². The van der Waals surface area contributed by atoms with E-state index in [0.717, 1.165) is 18.4 Å². The second-order valence-corrected chi connectivity index (χ2v) is 7.91. The Morgan fingerprint density at radius 3 is 2.59 bits per heavy atom. The number of pyridine rings is 1. The molecular formula is C21H26ClN3O2. The molecule has 5 nitrogen and oxygen atoms in total. The molecule has 3 atom stereocenters. The number of carbonyl (C=O) groups is 2. The minimum atomic E-state index is -0.0964. The molecule has 0 saturated carbocycles. The molecular weight excluding hydrogens is 362 g/mol. The molecule has 2 heterocycles. The maximum absolute atomic E-state index is 12.9. The normalized spacial score (nSPS) is 25.1. The molecule has 144 valence electrons. The molecule has 1 aliphatic heterocycles. The molecule has 1 aromatic rings. The van der Waals surface area contributed by atoms with Crippen LogP contribution in [0.4, 0.5) is 5.82 Å². The highest BCUT2D eigenvalue weighted by atomic mass is 35.5. The fraction of sp³-hybridized carbons (Fsp3) is 0.476. The number of anilines is 1. The standard InChI is InChI=1S/C21H26ClN3O2/c1-14-4-3-5-15(2)25(14)21(27)17-8-6-16(7-9-17)12-20(26)24-19-11-10-18(22)13-23-19/h6,8-11,13-16H,3-5,7,12H2,1-2H3,(H,23,24,26). The first kappa shape index (κ1) is 19.6. The third-order valence-corrected chi connectivity index (χ3v) is 5.53. The summed E-state index contributed by atoms with van der Waals surface area (Å²) in [4.78, 5) is 31.2. The molecule has 2 amide bonds. The number of likely N-dealkylation sites (tertiary alicyclic amines) is 1. The van der Waals surface area contributed by atoms with E-state index >= 15 is 0 Å². The van der Waals surface area contributed by atoms with Crippen LogP contribution in [-0.4, -0.2) is 33.8 Å². The fourth-order valence-electron chi connectivity index (χ4n) is 3.83. The fourth-order valence-corrected chi connectivity index (χ4v) is 3.94. The van der Waals surface area contributed by atoms with E-state index in [1.165, 1.54) is 12.6 Å². The molecule has 6 heteroatoms. The lowest BCUT2D eigenvalue weighted by atomic mass is 9.91. The lowest BCUT2D eigenvalue weighted by Crippen LogP contribution is -2.48. The molecule has 1 fully saturated rings. The summed E-state index contributed by atoms with van der Waals surface area (Å²) in [5.74, 6) is 0.592. The van der Waals surface area contributed by atoms with Crippen LogP contribution in [0.5, 0.6) is 0 Å². The molecule has 3 unspecified atom stereocenters. The van der Waals surface area contributed by atoms with Crippen molar-refractivity contribution < 1.29 is 9.59 Å². The predicted octanol–water partition coefficient (Wildman–Crippen LogP) is 4.36. The molecule has 1 saturated heterocycles. The zero-order valence-corrected chi connectivity index (χ0v) is 16.6. The van der Waals surface area contributed by atoms with E-state index in [1.54, 1.807) is 12.1 Å². The topological polar surface area (TPSA) is 62.3 Å². The molecule has 2 aliphatic rings. The Hall–Kier alpha value is -2.14. The van der Waals surface area contributed by atoms with Gasteiger partial charge < -0.3 is 10.2 Å². The van der Waals surface area contributed by atoms with Gasteiger partial charge in [-0.3, -0.25) is 9.59 Å². The summed E-state index contributed by atoms with van der Waals surface area (Å²) in [6.07, 6.45) is 11.7. The van der Waals surface area contributed by atoms with Gasteiger partial charge in [0, 0.05) is 30.3 Å². The monoisotopic (exact) mass is 387 g/mol. The Balaban J connectivity index is 1.53. The number of aromatic nitrogens is 1. The molecule has 0 spiro atoms. The maximum atomic E-state index is 12.9. The second kappa shape index (κ2) is 8.70. The van der Waals surface area contributed by atoms with Crippen molar-refractivity contribution in [3.8, 4) is 0 Å². The summed E-state index contributed by atoms with van der Waals surface area (Å²) >= 11 is 5.80. The van der Waals surface area contributed by atoms with Gasteiger partial charge in [0.05, 0.1) is 5.02 Å². The van der Waals surface area contributed by atoms with Crippen LogP contribution in [-0.2, 0) is 9.59 Å². The van der Waals surface area contributed by atoms with Crippen LogP contribution in [0, 0.1) is 5.92 Å². The van der Waals surface area contributed by atoms with Gasteiger partial charge in [0.15, 0.2) is 0 Å². The van der Waals surface area contributed by atoms with E-state index in [2.05, 4.69) is 24.1 Å². The van der Waals surface area contributed by atoms with Crippen molar-refractivity contribution in [2.75, 3.05) is 5.32 Å². The van der Waals surface area contributed by atoms with Gasteiger partial charge in [0.2, 0.25) is 5.91 Å². The quantitative estimate of drug-likeness (QED) is 0.835. The van der Waals surface area contributed by atoms with Crippen molar-refractivity contribution >= 4 is 29.2 Å². The van der Waals surface area contributed by atoms with Gasteiger partial charge in [-0.25, -0.2) is 4.98 Å². The van der Waals surface area contributed by atoms with Gasteiger partial charge >= 0.3 is 0 Å². The Kier molecular flexibility index (Phi) is 6.32. The van der Waals surface area contributed by atoms with E-state index in [1.807, 2.05) is 23.1 Å². The Labute approximate surface area is 165 Å². The molecule has 0 aromatic carbocycles. The average Bonchev–Trinajstić information content (AvgIpc) is 2.64. The van der Waals surface area contributed by atoms with Crippen LogP contribution in [0.15, 0.2) is 42.1 Å². The van der Waals surface area contributed by atoms with Gasteiger partial charge in [-0.05, 0) is 57.6 Å². The Morgan fingerprint density at radius 2 is 2.00 bits per heavy atom. The number of hydrogen-bond donors (Lipinski definition) is 1. The van der Waals surface area contributed by atoms with Gasteiger partial charge in [0.1, 0.15) is 5.82 Å². The first-order valence-corrected chi connectivity index (χ1v) is 9.94. The smallest absolute Gasteiger partial charge is 0.253 e. The maximum Gasteiger partial charge on any atom is 0.253 e. The molecule has 3 rings (SSSR count). The predicted molar refractivity (Wildman–Crippen MR) is 107 cm³/mol. The number of hydrogen-bond acceptors (Lipinski definition) is 3. The first-order valence-electron chi connectivity index (χ1n) is 9.56. The van der Waals surface area contributed by atoms with Crippen LogP contribution in [0.25, 0.3) is 0 Å². The Morgan fingerprint density at radius 1 is 1.26 bits per heavy atom. The minimum Gasteiger partial charge on any atom is -0.333 e. The van der Waals surface area contributed by atoms with Crippen molar-refractivity contribution in [2.24, 2.45) is 5.92 Å². The summed E-state index contributed by atoms with van der Waals surface area (Å²) in [5, 5.41) is 3.31. The number of piperidine rings is 1. The lowest BCUT2D eigenvalue weighted by Gasteiger charge is -2.39. The summed E-state index contributed by atoms with van der Waals surface area (Å²) in [5.41, 5.74) is 0.742. The largest absolute Gasteiger partial charge is 0.333 e. The number of nitrogens with zero attached hydrogens (tertiary/aromatic N) is 2. The van der Waals surface area contributed by atoms with Crippen LogP contribution >= 0.6 is 11.6 Å². The SMILES string of the molecule is CC1CCCC(C)N1C(=O)C1=CCC(CC(=O)Nc2ccc(Cl)cn2)C=C1. The molecule has 1 aliphatic carbocycles. The van der Waals surface area contributed by atoms with Crippen molar-refractivity contribution in [3.63, 3.8) is 0 Å². The lowest BCUT2D eigenvalue weighted by molar-refractivity contribution is -0.132. The second-order valence-electron chi connectivity index (χ2n) is 7.47. The summed E-state index contributed by atoms with van der Waals surface area (Å²) in [6, 6.07) is 3.93. The molecule has 0 bridgehead atoms. The number of allylic oxidation sites excluding steroid dienone is 2. The van der Waals surface area contributed by atoms with Gasteiger partial charge in [-0.15, -0.1) is 0 Å². The van der Waals surface area contributed by atoms with E-state index in [-0.39, 0.29) is 29.8 Å². The average molecular weight is 388 g/mol. The number of amides is 2. The van der Waals surface area contributed by atoms with Crippen LogP contribution in [0.1, 0.15) is 46.0 Å². The number of halogens is 1. The molecule has 0 radical (unpaired) electrons. The molecule has 1 N–H and O–H groups in total. The summed E-state index contributed by atoms with van der Waals surface area (Å²) in [6.45, 7) is 4.25. The highest BCUT2D eigenvalue weighted by molar-refractivity contribution is 6.30. The van der Waals surface area contributed by atoms with E-state index < -0.39 is 0 Å². The summed E-state index contributed by atoms with van der Waals surface area (Å²) in [7, 11) is 0. The van der Waals surface area contributed by atoms with Crippen molar-refractivity contribution in [3.05, 3.63) is 47.2 Å². The summed E-state index contributed by atoms with van der Waals surface area (Å²) < 4.78 is 0. The van der Waals surface area contributed by atoms with Gasteiger partial charge in [0.25, 0.3) is 5.91 Å². The van der Waals surface area contributed by atoms with Crippen molar-refractivity contribution in [1.82, 2.24) is 9.88 Å². The zero-order chi connectivity index (χ0) is 19.4. The van der Waals surface area contributed by atoms with Crippen LogP contribution < -0.4 is 5.32 Å². The molecule has 27 heavy (non-hydrogen) atoms. The number of rotatable bonds is 4. The van der Waals surface area contributed by atoms with E-state index in [9.17, 15) is 9.59 Å². The number of carbonyl (C=O) groups excluding carboxylic acids is 2. The van der Waals surface area contributed by atoms with Gasteiger partial charge in [-0.2, -0.15) is 0 Å². The van der Waals surface area contributed by atoms with Crippen molar-refractivity contribution in [2.45, 2.75) is 58.0 Å². The van der Waals surface area contributed by atoms with Gasteiger partial charge in [-0.1, -0.05) is 29.8 Å². The number of nitrogens with one attached hydrogen (secondary N) is 1. The Bertz CT molecular complexity index is 747. The third-order valence-electron chi connectivity index (χ3n) is 5.31. The van der Waals surface area contributed by atoms with E-state index in [0.29, 0.717) is 23.7 Å². The first-order chi connectivity index (χ1) is 12.9. The van der Waals surface area contributed by atoms with Crippen molar-refractivity contribution in [1.29, 1.82) is 0 Å². The van der Waals surface area contributed by atoms with Crippen LogP contribution in [0.3, 0.4) is 0 Å². The minimum absolute atomic E-state index is 0.0880. The zero-order valence-electron chi connectivity index (χ0n) is 15.8. The molecule has 1 aromatic heterocycles.